The number of hydrogen-bond acceptors (Lipinski definition) is 6. The van der Waals surface area contributed by atoms with Crippen LogP contribution in [-0.4, -0.2) is 46.2 Å². The van der Waals surface area contributed by atoms with E-state index in [0.717, 1.165) is 18.7 Å². The van der Waals surface area contributed by atoms with E-state index in [1.165, 1.54) is 0 Å². The number of aromatic nitrogens is 4. The molecular formula is C13H15N5O2S. The van der Waals surface area contributed by atoms with Crippen molar-refractivity contribution in [3.8, 4) is 0 Å². The average Bonchev–Trinajstić information content (AvgIpc) is 2.52. The Balaban J connectivity index is 1.74. The van der Waals surface area contributed by atoms with E-state index in [9.17, 15) is 4.79 Å². The Morgan fingerprint density at radius 3 is 2.67 bits per heavy atom. The van der Waals surface area contributed by atoms with Gasteiger partial charge in [0.15, 0.2) is 4.77 Å². The van der Waals surface area contributed by atoms with E-state index in [1.54, 1.807) is 18.6 Å². The van der Waals surface area contributed by atoms with Gasteiger partial charge in [-0.3, -0.25) is 9.78 Å². The minimum atomic E-state index is -0.184. The summed E-state index contributed by atoms with van der Waals surface area (Å²) in [5.41, 5.74) is 1.30. The number of morpholine rings is 1. The van der Waals surface area contributed by atoms with Crippen LogP contribution in [0.4, 0.5) is 5.95 Å². The number of anilines is 1. The quantitative estimate of drug-likeness (QED) is 0.810. The molecule has 110 valence electrons. The maximum atomic E-state index is 11.8. The van der Waals surface area contributed by atoms with Gasteiger partial charge in [0.05, 0.1) is 13.2 Å². The van der Waals surface area contributed by atoms with Gasteiger partial charge >= 0.3 is 0 Å². The molecule has 0 aromatic carbocycles. The molecule has 0 unspecified atom stereocenters. The Morgan fingerprint density at radius 1 is 1.29 bits per heavy atom. The highest BCUT2D eigenvalue weighted by molar-refractivity contribution is 7.71. The third kappa shape index (κ3) is 3.34. The molecule has 21 heavy (non-hydrogen) atoms. The Bertz CT molecular complexity index is 718. The van der Waals surface area contributed by atoms with Crippen LogP contribution in [0.25, 0.3) is 0 Å². The van der Waals surface area contributed by atoms with Gasteiger partial charge in [-0.1, -0.05) is 0 Å². The fourth-order valence-corrected chi connectivity index (χ4v) is 2.31. The lowest BCUT2D eigenvalue weighted by molar-refractivity contribution is 0.122. The van der Waals surface area contributed by atoms with Gasteiger partial charge in [-0.2, -0.15) is 0 Å². The summed E-state index contributed by atoms with van der Waals surface area (Å²) in [4.78, 5) is 27.9. The molecule has 1 saturated heterocycles. The van der Waals surface area contributed by atoms with E-state index in [4.69, 9.17) is 17.0 Å². The first kappa shape index (κ1) is 13.9. The number of rotatable bonds is 3. The summed E-state index contributed by atoms with van der Waals surface area (Å²) in [5, 5.41) is 0. The number of ether oxygens (including phenoxy) is 1. The van der Waals surface area contributed by atoms with E-state index >= 15 is 0 Å². The zero-order chi connectivity index (χ0) is 14.7. The van der Waals surface area contributed by atoms with Crippen LogP contribution in [0.3, 0.4) is 0 Å². The van der Waals surface area contributed by atoms with Gasteiger partial charge in [-0.15, -0.1) is 0 Å². The molecule has 2 N–H and O–H groups in total. The van der Waals surface area contributed by atoms with Crippen LogP contribution in [0, 0.1) is 4.77 Å². The second kappa shape index (κ2) is 6.15. The molecule has 1 aliphatic rings. The van der Waals surface area contributed by atoms with Gasteiger partial charge in [0.1, 0.15) is 0 Å². The molecule has 1 fully saturated rings. The van der Waals surface area contributed by atoms with E-state index in [0.29, 0.717) is 35.9 Å². The van der Waals surface area contributed by atoms with E-state index in [2.05, 4.69) is 24.8 Å². The first-order chi connectivity index (χ1) is 10.2. The van der Waals surface area contributed by atoms with Gasteiger partial charge in [0, 0.05) is 43.7 Å². The standard InChI is InChI=1S/C13H15N5O2S/c19-11-10(8-16-13(21)17-11)5-9-6-14-12(15-7-9)18-1-3-20-4-2-18/h6-8H,1-5H2,(H2,16,17,19,21). The van der Waals surface area contributed by atoms with E-state index < -0.39 is 0 Å². The van der Waals surface area contributed by atoms with Crippen molar-refractivity contribution in [1.82, 2.24) is 19.9 Å². The molecule has 0 bridgehead atoms. The summed E-state index contributed by atoms with van der Waals surface area (Å²) in [6.07, 6.45) is 5.58. The fraction of sp³-hybridized carbons (Fsp3) is 0.385. The van der Waals surface area contributed by atoms with Crippen LogP contribution < -0.4 is 10.5 Å². The lowest BCUT2D eigenvalue weighted by Gasteiger charge is -2.26. The van der Waals surface area contributed by atoms with Crippen molar-refractivity contribution in [2.75, 3.05) is 31.2 Å². The van der Waals surface area contributed by atoms with Crippen LogP contribution in [0.2, 0.25) is 0 Å². The highest BCUT2D eigenvalue weighted by Gasteiger charge is 2.13. The van der Waals surface area contributed by atoms with Gasteiger partial charge in [-0.05, 0) is 17.8 Å². The Labute approximate surface area is 126 Å². The summed E-state index contributed by atoms with van der Waals surface area (Å²) in [6.45, 7) is 3.00. The molecule has 0 spiro atoms. The van der Waals surface area contributed by atoms with Crippen molar-refractivity contribution < 1.29 is 4.74 Å². The predicted molar refractivity (Wildman–Crippen MR) is 80.1 cm³/mol. The van der Waals surface area contributed by atoms with Crippen molar-refractivity contribution in [2.45, 2.75) is 6.42 Å². The predicted octanol–water partition coefficient (Wildman–Crippen LogP) is 0.650. The fourth-order valence-electron chi connectivity index (χ4n) is 2.15. The van der Waals surface area contributed by atoms with Crippen LogP contribution >= 0.6 is 12.2 Å². The van der Waals surface area contributed by atoms with Crippen molar-refractivity contribution in [3.05, 3.63) is 44.8 Å². The molecule has 0 aliphatic carbocycles. The van der Waals surface area contributed by atoms with Crippen molar-refractivity contribution in [2.24, 2.45) is 0 Å². The molecule has 8 heteroatoms. The topological polar surface area (TPSA) is 86.9 Å². The monoisotopic (exact) mass is 305 g/mol. The molecule has 3 heterocycles. The zero-order valence-electron chi connectivity index (χ0n) is 11.3. The molecule has 1 aliphatic heterocycles. The average molecular weight is 305 g/mol. The summed E-state index contributed by atoms with van der Waals surface area (Å²) in [5.74, 6) is 0.698. The third-order valence-electron chi connectivity index (χ3n) is 3.28. The third-order valence-corrected chi connectivity index (χ3v) is 3.50. The molecule has 2 aromatic heterocycles. The molecule has 0 amide bonds. The van der Waals surface area contributed by atoms with E-state index in [1.807, 2.05) is 0 Å². The van der Waals surface area contributed by atoms with Crippen molar-refractivity contribution in [1.29, 1.82) is 0 Å². The largest absolute Gasteiger partial charge is 0.378 e. The lowest BCUT2D eigenvalue weighted by Crippen LogP contribution is -2.37. The molecule has 2 aromatic rings. The molecule has 0 atom stereocenters. The number of H-pyrrole nitrogens is 2. The minimum absolute atomic E-state index is 0.184. The molecular weight excluding hydrogens is 290 g/mol. The summed E-state index contributed by atoms with van der Waals surface area (Å²) >= 11 is 4.86. The minimum Gasteiger partial charge on any atom is -0.378 e. The Kier molecular flexibility index (Phi) is 4.07. The van der Waals surface area contributed by atoms with Gasteiger partial charge in [0.25, 0.3) is 5.56 Å². The van der Waals surface area contributed by atoms with Crippen LogP contribution in [0.15, 0.2) is 23.4 Å². The Morgan fingerprint density at radius 2 is 2.00 bits per heavy atom. The summed E-state index contributed by atoms with van der Waals surface area (Å²) in [6, 6.07) is 0. The summed E-state index contributed by atoms with van der Waals surface area (Å²) in [7, 11) is 0. The van der Waals surface area contributed by atoms with E-state index in [-0.39, 0.29) is 5.56 Å². The van der Waals surface area contributed by atoms with Crippen molar-refractivity contribution in [3.63, 3.8) is 0 Å². The molecule has 3 rings (SSSR count). The van der Waals surface area contributed by atoms with Crippen LogP contribution in [0.1, 0.15) is 11.1 Å². The SMILES string of the molecule is O=c1[nH]c(=S)[nH]cc1Cc1cnc(N2CCOCC2)nc1. The smallest absolute Gasteiger partial charge is 0.255 e. The van der Waals surface area contributed by atoms with Gasteiger partial charge < -0.3 is 14.6 Å². The van der Waals surface area contributed by atoms with Crippen LogP contribution in [-0.2, 0) is 11.2 Å². The first-order valence-electron chi connectivity index (χ1n) is 6.67. The normalized spacial score (nSPS) is 15.1. The molecule has 0 radical (unpaired) electrons. The maximum absolute atomic E-state index is 11.8. The number of aromatic amines is 2. The highest BCUT2D eigenvalue weighted by Crippen LogP contribution is 2.10. The second-order valence-electron chi connectivity index (χ2n) is 4.76. The zero-order valence-corrected chi connectivity index (χ0v) is 12.2. The first-order valence-corrected chi connectivity index (χ1v) is 7.08. The molecule has 7 nitrogen and oxygen atoms in total. The number of hydrogen-bond donors (Lipinski definition) is 2. The summed E-state index contributed by atoms with van der Waals surface area (Å²) < 4.78 is 5.62. The van der Waals surface area contributed by atoms with Gasteiger partial charge in [-0.25, -0.2) is 9.97 Å². The number of nitrogens with one attached hydrogen (secondary N) is 2. The van der Waals surface area contributed by atoms with Crippen molar-refractivity contribution >= 4 is 18.2 Å². The maximum Gasteiger partial charge on any atom is 0.255 e. The lowest BCUT2D eigenvalue weighted by atomic mass is 10.1. The number of nitrogens with zero attached hydrogens (tertiary/aromatic N) is 3. The van der Waals surface area contributed by atoms with Gasteiger partial charge in [0.2, 0.25) is 5.95 Å². The Hall–Kier alpha value is -2.06. The molecule has 0 saturated carbocycles. The second-order valence-corrected chi connectivity index (χ2v) is 5.17. The highest BCUT2D eigenvalue weighted by atomic mass is 32.1. The van der Waals surface area contributed by atoms with Crippen LogP contribution in [0.5, 0.6) is 0 Å².